The van der Waals surface area contributed by atoms with Crippen molar-refractivity contribution in [2.45, 2.75) is 0 Å². The second kappa shape index (κ2) is 4.54. The predicted molar refractivity (Wildman–Crippen MR) is 69.2 cm³/mol. The molecule has 2 aromatic rings. The SMILES string of the molecule is N#Cc1ccc(-c2ccc3c(c2)OCCO3)c(O)c1. The van der Waals surface area contributed by atoms with Crippen molar-refractivity contribution in [3.8, 4) is 34.4 Å². The molecule has 19 heavy (non-hydrogen) atoms. The van der Waals surface area contributed by atoms with Crippen molar-refractivity contribution < 1.29 is 14.6 Å². The second-order valence-electron chi connectivity index (χ2n) is 4.20. The number of ether oxygens (including phenoxy) is 2. The summed E-state index contributed by atoms with van der Waals surface area (Å²) in [6.45, 7) is 1.07. The summed E-state index contributed by atoms with van der Waals surface area (Å²) in [5.74, 6) is 1.46. The molecule has 4 nitrogen and oxygen atoms in total. The molecular formula is C15H11NO3. The predicted octanol–water partition coefficient (Wildman–Crippen LogP) is 2.70. The zero-order valence-corrected chi connectivity index (χ0v) is 10.1. The van der Waals surface area contributed by atoms with E-state index in [4.69, 9.17) is 14.7 Å². The second-order valence-corrected chi connectivity index (χ2v) is 4.20. The van der Waals surface area contributed by atoms with Gasteiger partial charge in [0.25, 0.3) is 0 Å². The highest BCUT2D eigenvalue weighted by molar-refractivity contribution is 5.73. The van der Waals surface area contributed by atoms with Gasteiger partial charge in [0.15, 0.2) is 11.5 Å². The minimum absolute atomic E-state index is 0.0794. The standard InChI is InChI=1S/C15H11NO3/c16-9-10-1-3-12(13(17)7-10)11-2-4-14-15(8-11)19-6-5-18-14/h1-4,7-8,17H,5-6H2. The number of benzene rings is 2. The first-order chi connectivity index (χ1) is 9.28. The van der Waals surface area contributed by atoms with E-state index in [0.717, 1.165) is 5.56 Å². The van der Waals surface area contributed by atoms with Crippen LogP contribution in [-0.4, -0.2) is 18.3 Å². The molecular weight excluding hydrogens is 242 g/mol. The van der Waals surface area contributed by atoms with E-state index in [1.807, 2.05) is 24.3 Å². The van der Waals surface area contributed by atoms with Crippen molar-refractivity contribution in [3.05, 3.63) is 42.0 Å². The molecule has 0 unspecified atom stereocenters. The Bertz CT molecular complexity index is 674. The number of phenols is 1. The van der Waals surface area contributed by atoms with Crippen molar-refractivity contribution in [1.82, 2.24) is 0 Å². The van der Waals surface area contributed by atoms with E-state index in [2.05, 4.69) is 0 Å². The fourth-order valence-corrected chi connectivity index (χ4v) is 2.06. The summed E-state index contributed by atoms with van der Waals surface area (Å²) >= 11 is 0. The molecule has 94 valence electrons. The van der Waals surface area contributed by atoms with E-state index in [-0.39, 0.29) is 5.75 Å². The number of hydrogen-bond acceptors (Lipinski definition) is 4. The van der Waals surface area contributed by atoms with Gasteiger partial charge < -0.3 is 14.6 Å². The number of aromatic hydroxyl groups is 1. The molecule has 0 spiro atoms. The summed E-state index contributed by atoms with van der Waals surface area (Å²) in [5, 5.41) is 18.7. The lowest BCUT2D eigenvalue weighted by molar-refractivity contribution is 0.171. The lowest BCUT2D eigenvalue weighted by Gasteiger charge is -2.19. The summed E-state index contributed by atoms with van der Waals surface area (Å²) in [6, 6.07) is 12.3. The summed E-state index contributed by atoms with van der Waals surface area (Å²) in [5.41, 5.74) is 1.92. The van der Waals surface area contributed by atoms with E-state index in [1.165, 1.54) is 6.07 Å². The van der Waals surface area contributed by atoms with Gasteiger partial charge in [-0.3, -0.25) is 0 Å². The molecule has 0 saturated heterocycles. The molecule has 0 amide bonds. The molecule has 0 atom stereocenters. The molecule has 3 rings (SSSR count). The van der Waals surface area contributed by atoms with Crippen molar-refractivity contribution in [3.63, 3.8) is 0 Å². The minimum Gasteiger partial charge on any atom is -0.507 e. The number of phenolic OH excluding ortho intramolecular Hbond substituents is 1. The Hall–Kier alpha value is -2.67. The number of nitrogens with zero attached hydrogens (tertiary/aromatic N) is 1. The van der Waals surface area contributed by atoms with E-state index in [0.29, 0.717) is 35.8 Å². The van der Waals surface area contributed by atoms with Crippen molar-refractivity contribution >= 4 is 0 Å². The van der Waals surface area contributed by atoms with Gasteiger partial charge in [0.2, 0.25) is 0 Å². The molecule has 4 heteroatoms. The summed E-state index contributed by atoms with van der Waals surface area (Å²) in [4.78, 5) is 0. The topological polar surface area (TPSA) is 62.5 Å². The van der Waals surface area contributed by atoms with Crippen molar-refractivity contribution in [2.75, 3.05) is 13.2 Å². The highest BCUT2D eigenvalue weighted by atomic mass is 16.6. The van der Waals surface area contributed by atoms with E-state index in [9.17, 15) is 5.11 Å². The zero-order chi connectivity index (χ0) is 13.2. The van der Waals surface area contributed by atoms with Gasteiger partial charge in [0, 0.05) is 5.56 Å². The molecule has 1 heterocycles. The normalized spacial score (nSPS) is 12.8. The molecule has 0 bridgehead atoms. The maximum absolute atomic E-state index is 9.96. The Labute approximate surface area is 110 Å². The van der Waals surface area contributed by atoms with Gasteiger partial charge in [-0.25, -0.2) is 0 Å². The average molecular weight is 253 g/mol. The largest absolute Gasteiger partial charge is 0.507 e. The molecule has 0 aliphatic carbocycles. The molecule has 2 aromatic carbocycles. The monoisotopic (exact) mass is 253 g/mol. The smallest absolute Gasteiger partial charge is 0.161 e. The minimum atomic E-state index is 0.0794. The Kier molecular flexibility index (Phi) is 2.73. The molecule has 0 saturated carbocycles. The van der Waals surface area contributed by atoms with Crippen LogP contribution in [0.2, 0.25) is 0 Å². The lowest BCUT2D eigenvalue weighted by Crippen LogP contribution is -2.15. The Morgan fingerprint density at radius 1 is 1.00 bits per heavy atom. The first-order valence-corrected chi connectivity index (χ1v) is 5.91. The van der Waals surface area contributed by atoms with Crippen molar-refractivity contribution in [2.24, 2.45) is 0 Å². The number of rotatable bonds is 1. The third-order valence-corrected chi connectivity index (χ3v) is 2.98. The molecule has 1 aliphatic heterocycles. The van der Waals surface area contributed by atoms with E-state index >= 15 is 0 Å². The van der Waals surface area contributed by atoms with E-state index in [1.54, 1.807) is 12.1 Å². The Morgan fingerprint density at radius 2 is 1.79 bits per heavy atom. The van der Waals surface area contributed by atoms with Crippen LogP contribution in [0, 0.1) is 11.3 Å². The first kappa shape index (κ1) is 11.4. The quantitative estimate of drug-likeness (QED) is 0.848. The maximum atomic E-state index is 9.96. The Morgan fingerprint density at radius 3 is 2.53 bits per heavy atom. The molecule has 1 aliphatic rings. The fourth-order valence-electron chi connectivity index (χ4n) is 2.06. The fraction of sp³-hybridized carbons (Fsp3) is 0.133. The first-order valence-electron chi connectivity index (χ1n) is 5.91. The van der Waals surface area contributed by atoms with Crippen molar-refractivity contribution in [1.29, 1.82) is 5.26 Å². The van der Waals surface area contributed by atoms with Gasteiger partial charge >= 0.3 is 0 Å². The molecule has 0 radical (unpaired) electrons. The van der Waals surface area contributed by atoms with Crippen LogP contribution in [0.25, 0.3) is 11.1 Å². The number of hydrogen-bond donors (Lipinski definition) is 1. The number of fused-ring (bicyclic) bond motifs is 1. The Balaban J connectivity index is 2.05. The van der Waals surface area contributed by atoms with Crippen LogP contribution in [0.4, 0.5) is 0 Å². The number of nitriles is 1. The third kappa shape index (κ3) is 2.06. The summed E-state index contributed by atoms with van der Waals surface area (Å²) in [7, 11) is 0. The van der Waals surface area contributed by atoms with Crippen LogP contribution < -0.4 is 9.47 Å². The lowest BCUT2D eigenvalue weighted by atomic mass is 10.0. The van der Waals surface area contributed by atoms with Crippen LogP contribution >= 0.6 is 0 Å². The van der Waals surface area contributed by atoms with Gasteiger partial charge in [-0.15, -0.1) is 0 Å². The van der Waals surface area contributed by atoms with Crippen LogP contribution in [0.3, 0.4) is 0 Å². The maximum Gasteiger partial charge on any atom is 0.161 e. The zero-order valence-electron chi connectivity index (χ0n) is 10.1. The van der Waals surface area contributed by atoms with Crippen LogP contribution in [0.5, 0.6) is 17.2 Å². The highest BCUT2D eigenvalue weighted by Gasteiger charge is 2.14. The van der Waals surface area contributed by atoms with Crippen LogP contribution in [-0.2, 0) is 0 Å². The summed E-state index contributed by atoms with van der Waals surface area (Å²) in [6.07, 6.45) is 0. The van der Waals surface area contributed by atoms with Gasteiger partial charge in [-0.05, 0) is 35.9 Å². The van der Waals surface area contributed by atoms with Gasteiger partial charge in [0.05, 0.1) is 11.6 Å². The molecule has 1 N–H and O–H groups in total. The van der Waals surface area contributed by atoms with Gasteiger partial charge in [0.1, 0.15) is 19.0 Å². The van der Waals surface area contributed by atoms with E-state index < -0.39 is 0 Å². The van der Waals surface area contributed by atoms with Gasteiger partial charge in [-0.2, -0.15) is 5.26 Å². The third-order valence-electron chi connectivity index (χ3n) is 2.98. The average Bonchev–Trinajstić information content (AvgIpc) is 2.46. The van der Waals surface area contributed by atoms with Crippen LogP contribution in [0.15, 0.2) is 36.4 Å². The molecule has 0 fully saturated rings. The van der Waals surface area contributed by atoms with Crippen LogP contribution in [0.1, 0.15) is 5.56 Å². The highest BCUT2D eigenvalue weighted by Crippen LogP contribution is 2.37. The summed E-state index contributed by atoms with van der Waals surface area (Å²) < 4.78 is 11.0. The van der Waals surface area contributed by atoms with Gasteiger partial charge in [-0.1, -0.05) is 6.07 Å². The molecule has 0 aromatic heterocycles.